The molecule has 0 unspecified atom stereocenters. The van der Waals surface area contributed by atoms with E-state index in [4.69, 9.17) is 0 Å². The zero-order valence-electron chi connectivity index (χ0n) is 9.11. The molecule has 1 fully saturated rings. The van der Waals surface area contributed by atoms with Crippen LogP contribution >= 0.6 is 0 Å². The standard InChI is InChI=1S/C3H6.C3H8.C3H6.C2H6/c1-2-3-1;2*1-3-2;1-2/h1-3H2;3H2,1-2H3;3H,1H2,2H3;1-2H3. The van der Waals surface area contributed by atoms with Crippen molar-refractivity contribution >= 4 is 0 Å². The van der Waals surface area contributed by atoms with Crippen LogP contribution in [0.1, 0.15) is 60.3 Å². The van der Waals surface area contributed by atoms with Crippen molar-refractivity contribution < 1.29 is 0 Å². The third kappa shape index (κ3) is 1070. The molecule has 0 bridgehead atoms. The molecular formula is C11H26. The van der Waals surface area contributed by atoms with Crippen LogP contribution in [0.2, 0.25) is 0 Å². The van der Waals surface area contributed by atoms with Gasteiger partial charge in [-0.1, -0.05) is 59.5 Å². The van der Waals surface area contributed by atoms with Crippen molar-refractivity contribution in [1.82, 2.24) is 0 Å². The van der Waals surface area contributed by atoms with Gasteiger partial charge in [-0.25, -0.2) is 0 Å². The Bertz CT molecular complexity index is 32.5. The molecule has 0 N–H and O–H groups in total. The maximum atomic E-state index is 3.36. The van der Waals surface area contributed by atoms with Gasteiger partial charge in [0.1, 0.15) is 0 Å². The topological polar surface area (TPSA) is 0 Å². The Balaban J connectivity index is -0.0000000789. The second-order valence-electron chi connectivity index (χ2n) is 2.18. The first-order chi connectivity index (χ1) is 5.33. The predicted octanol–water partition coefficient (Wildman–Crippen LogP) is 4.81. The summed E-state index contributed by atoms with van der Waals surface area (Å²) in [5.41, 5.74) is 0. The van der Waals surface area contributed by atoms with Crippen molar-refractivity contribution in [3.05, 3.63) is 12.7 Å². The van der Waals surface area contributed by atoms with Gasteiger partial charge in [0.25, 0.3) is 0 Å². The molecule has 1 saturated carbocycles. The summed E-state index contributed by atoms with van der Waals surface area (Å²) in [6.45, 7) is 13.5. The van der Waals surface area contributed by atoms with E-state index in [1.807, 2.05) is 20.8 Å². The molecule has 0 radical (unpaired) electrons. The molecule has 1 rings (SSSR count). The SMILES string of the molecule is C1CC1.C=CC.CC.CCC. The Morgan fingerprint density at radius 3 is 1.18 bits per heavy atom. The van der Waals surface area contributed by atoms with E-state index >= 15 is 0 Å². The largest absolute Gasteiger partial charge is 0.103 e. The van der Waals surface area contributed by atoms with Crippen molar-refractivity contribution in [1.29, 1.82) is 0 Å². The first kappa shape index (κ1) is 17.0. The second kappa shape index (κ2) is 33.1. The van der Waals surface area contributed by atoms with E-state index in [9.17, 15) is 0 Å². The molecule has 0 spiro atoms. The number of hydrogen-bond acceptors (Lipinski definition) is 0. The maximum absolute atomic E-state index is 3.36. The van der Waals surface area contributed by atoms with Crippen LogP contribution in [0, 0.1) is 0 Å². The molecule has 0 amide bonds. The molecule has 70 valence electrons. The minimum absolute atomic E-state index is 1.25. The number of allylic oxidation sites excluding steroid dienone is 1. The maximum Gasteiger partial charge on any atom is -0.0473 e. The van der Waals surface area contributed by atoms with Crippen LogP contribution in [0.4, 0.5) is 0 Å². The first-order valence-electron chi connectivity index (χ1n) is 4.90. The third-order valence-corrected chi connectivity index (χ3v) is 0.354. The van der Waals surface area contributed by atoms with Gasteiger partial charge in [-0.15, -0.1) is 6.58 Å². The lowest BCUT2D eigenvalue weighted by atomic mass is 10.6. The molecule has 0 heteroatoms. The fourth-order valence-electron chi connectivity index (χ4n) is 0. The van der Waals surface area contributed by atoms with Crippen LogP contribution in [0.3, 0.4) is 0 Å². The van der Waals surface area contributed by atoms with Gasteiger partial charge in [-0.2, -0.15) is 0 Å². The van der Waals surface area contributed by atoms with Gasteiger partial charge in [0, 0.05) is 0 Å². The molecule has 0 nitrogen and oxygen atoms in total. The van der Waals surface area contributed by atoms with Crippen molar-refractivity contribution in [2.24, 2.45) is 0 Å². The summed E-state index contributed by atoms with van der Waals surface area (Å²) in [7, 11) is 0. The van der Waals surface area contributed by atoms with Gasteiger partial charge in [-0.3, -0.25) is 0 Å². The lowest BCUT2D eigenvalue weighted by Gasteiger charge is -1.48. The number of hydrogen-bond donors (Lipinski definition) is 0. The zero-order chi connectivity index (χ0) is 9.54. The van der Waals surface area contributed by atoms with Crippen LogP contribution in [-0.2, 0) is 0 Å². The summed E-state index contributed by atoms with van der Waals surface area (Å²) in [6, 6.07) is 0. The summed E-state index contributed by atoms with van der Waals surface area (Å²) in [5.74, 6) is 0. The quantitative estimate of drug-likeness (QED) is 0.444. The van der Waals surface area contributed by atoms with Crippen LogP contribution in [0.25, 0.3) is 0 Å². The molecule has 0 aromatic heterocycles. The van der Waals surface area contributed by atoms with Gasteiger partial charge in [0.15, 0.2) is 0 Å². The van der Waals surface area contributed by atoms with Crippen LogP contribution in [0.15, 0.2) is 12.7 Å². The third-order valence-electron chi connectivity index (χ3n) is 0.354. The highest BCUT2D eigenvalue weighted by Gasteiger charge is 1.95. The van der Waals surface area contributed by atoms with Crippen molar-refractivity contribution in [3.8, 4) is 0 Å². The Morgan fingerprint density at radius 2 is 1.18 bits per heavy atom. The van der Waals surface area contributed by atoms with Crippen LogP contribution in [-0.4, -0.2) is 0 Å². The van der Waals surface area contributed by atoms with Crippen LogP contribution in [0.5, 0.6) is 0 Å². The average molecular weight is 158 g/mol. The first-order valence-corrected chi connectivity index (χ1v) is 4.90. The highest BCUT2D eigenvalue weighted by Crippen LogP contribution is 2.14. The summed E-state index contributed by atoms with van der Waals surface area (Å²) < 4.78 is 0. The fourth-order valence-corrected chi connectivity index (χ4v) is 0. The molecule has 11 heavy (non-hydrogen) atoms. The van der Waals surface area contributed by atoms with E-state index in [0.717, 1.165) is 0 Å². The van der Waals surface area contributed by atoms with E-state index in [0.29, 0.717) is 0 Å². The predicted molar refractivity (Wildman–Crippen MR) is 57.0 cm³/mol. The lowest BCUT2D eigenvalue weighted by molar-refractivity contribution is 1.09. The number of rotatable bonds is 0. The van der Waals surface area contributed by atoms with E-state index in [1.54, 1.807) is 6.08 Å². The van der Waals surface area contributed by atoms with Gasteiger partial charge >= 0.3 is 0 Å². The Hall–Kier alpha value is -0.260. The summed E-state index contributed by atoms with van der Waals surface area (Å²) in [5, 5.41) is 0. The molecule has 0 atom stereocenters. The summed E-state index contributed by atoms with van der Waals surface area (Å²) in [6.07, 6.45) is 7.50. The van der Waals surface area contributed by atoms with Crippen LogP contribution < -0.4 is 0 Å². The minimum atomic E-state index is 1.25. The average Bonchev–Trinajstić information content (AvgIpc) is 2.78. The van der Waals surface area contributed by atoms with Crippen molar-refractivity contribution in [2.45, 2.75) is 60.3 Å². The Labute approximate surface area is 73.7 Å². The highest BCUT2D eigenvalue weighted by molar-refractivity contribution is 4.51. The lowest BCUT2D eigenvalue weighted by Crippen LogP contribution is -1.27. The molecule has 0 saturated heterocycles. The van der Waals surface area contributed by atoms with E-state index in [2.05, 4.69) is 20.4 Å². The highest BCUT2D eigenvalue weighted by atomic mass is 14.0. The van der Waals surface area contributed by atoms with Gasteiger partial charge in [0.2, 0.25) is 0 Å². The molecule has 0 aromatic carbocycles. The Kier molecular flexibility index (Phi) is 51.2. The zero-order valence-corrected chi connectivity index (χ0v) is 9.11. The van der Waals surface area contributed by atoms with E-state index < -0.39 is 0 Å². The van der Waals surface area contributed by atoms with Crippen molar-refractivity contribution in [2.75, 3.05) is 0 Å². The monoisotopic (exact) mass is 158 g/mol. The Morgan fingerprint density at radius 1 is 1.09 bits per heavy atom. The van der Waals surface area contributed by atoms with Gasteiger partial charge in [0.05, 0.1) is 0 Å². The van der Waals surface area contributed by atoms with Crippen molar-refractivity contribution in [3.63, 3.8) is 0 Å². The molecule has 0 heterocycles. The summed E-state index contributed by atoms with van der Waals surface area (Å²) >= 11 is 0. The summed E-state index contributed by atoms with van der Waals surface area (Å²) in [4.78, 5) is 0. The molecule has 1 aliphatic carbocycles. The normalized spacial score (nSPS) is 9.91. The molecule has 0 aliphatic heterocycles. The molecule has 0 aromatic rings. The van der Waals surface area contributed by atoms with Gasteiger partial charge in [-0.05, 0) is 6.92 Å². The minimum Gasteiger partial charge on any atom is -0.103 e. The fraction of sp³-hybridized carbons (Fsp3) is 0.818. The van der Waals surface area contributed by atoms with E-state index in [-0.39, 0.29) is 0 Å². The van der Waals surface area contributed by atoms with E-state index in [1.165, 1.54) is 25.7 Å². The molecular weight excluding hydrogens is 132 g/mol. The van der Waals surface area contributed by atoms with Gasteiger partial charge < -0.3 is 0 Å². The smallest absolute Gasteiger partial charge is 0.0473 e. The molecule has 1 aliphatic rings. The second-order valence-corrected chi connectivity index (χ2v) is 2.18.